The second-order valence-electron chi connectivity index (χ2n) is 20.3. The molecule has 5 aliphatic carbocycles. The Morgan fingerprint density at radius 3 is 2.45 bits per heavy atom. The predicted octanol–water partition coefficient (Wildman–Crippen LogP) is 5.92. The van der Waals surface area contributed by atoms with Crippen LogP contribution in [0, 0.1) is 56.7 Å². The minimum Gasteiger partial charge on any atom is -0.388 e. The number of carbonyl (C=O) groups is 1. The van der Waals surface area contributed by atoms with Gasteiger partial charge in [-0.25, -0.2) is 0 Å². The second-order valence-corrected chi connectivity index (χ2v) is 20.3. The van der Waals surface area contributed by atoms with Crippen molar-refractivity contribution in [1.29, 1.82) is 0 Å². The highest BCUT2D eigenvalue weighted by Gasteiger charge is 2.83. The Morgan fingerprint density at radius 1 is 1.00 bits per heavy atom. The molecule has 5 saturated carbocycles. The molecule has 278 valence electrons. The number of nitrogens with zero attached hydrogens (tertiary/aromatic N) is 1. The maximum absolute atomic E-state index is 13.3. The van der Waals surface area contributed by atoms with Crippen molar-refractivity contribution < 1.29 is 29.2 Å². The van der Waals surface area contributed by atoms with Crippen LogP contribution < -0.4 is 5.32 Å². The number of piperidine rings is 1. The van der Waals surface area contributed by atoms with Crippen LogP contribution >= 0.6 is 0 Å². The van der Waals surface area contributed by atoms with Crippen LogP contribution in [0.5, 0.6) is 0 Å². The van der Waals surface area contributed by atoms with Crippen LogP contribution in [0.3, 0.4) is 0 Å². The molecule has 3 heterocycles. The predicted molar refractivity (Wildman–Crippen MR) is 188 cm³/mol. The maximum atomic E-state index is 13.3. The highest BCUT2D eigenvalue weighted by Crippen LogP contribution is 2.89. The Labute approximate surface area is 296 Å². The molecule has 2 spiro atoms. The smallest absolute Gasteiger partial charge is 0.223 e. The van der Waals surface area contributed by atoms with Crippen molar-refractivity contribution in [3.8, 4) is 0 Å². The normalized spacial score (nSPS) is 49.9. The molecule has 8 rings (SSSR count). The van der Waals surface area contributed by atoms with Gasteiger partial charge in [0.05, 0.1) is 37.1 Å². The van der Waals surface area contributed by atoms with Gasteiger partial charge in [-0.1, -0.05) is 34.6 Å². The van der Waals surface area contributed by atoms with Gasteiger partial charge in [-0.2, -0.15) is 0 Å². The SMILES string of the molecule is C[C@@H]1CC([C@H](O)C(C)(C)O)OC2C[C@@]3(C)[C@@H]4CCC5C(C)(C)[C@@H](OC6CN(C(=O)CC7CCNCC7)CCO6)CC[C@@]56C[C@@]46CC[C@]3(C)C21. The van der Waals surface area contributed by atoms with Crippen LogP contribution in [-0.2, 0) is 19.0 Å². The zero-order chi connectivity index (χ0) is 34.8. The van der Waals surface area contributed by atoms with Crippen LogP contribution in [0.2, 0.25) is 0 Å². The molecule has 1 amide bonds. The van der Waals surface area contributed by atoms with Gasteiger partial charge in [0, 0.05) is 13.0 Å². The van der Waals surface area contributed by atoms with Gasteiger partial charge >= 0.3 is 0 Å². The monoisotopic (exact) mass is 685 g/mol. The van der Waals surface area contributed by atoms with Crippen molar-refractivity contribution in [3.05, 3.63) is 0 Å². The summed E-state index contributed by atoms with van der Waals surface area (Å²) in [6.45, 7) is 19.9. The molecule has 8 fully saturated rings. The molecular weight excluding hydrogens is 616 g/mol. The topological polar surface area (TPSA) is 100 Å². The standard InChI is InChI=1S/C41H68N2O6/c1-25-20-27(35(45)37(4,5)46)48-28-22-39(7)30-9-8-29-36(2,3)31(10-13-40(29)24-41(30,40)15-14-38(39,6)34(25)28)49-33-23-43(18-19-47-33)32(44)21-26-11-16-42-17-12-26/h25-31,33-35,42,45-46H,8-24H2,1-7H3/t25-,27?,28?,29?,30+,31+,33?,34?,35+,38-,39+,40-,41+/m1/s1. The third-order valence-electron chi connectivity index (χ3n) is 17.3. The number of rotatable bonds is 6. The first kappa shape index (κ1) is 35.3. The van der Waals surface area contributed by atoms with Crippen LogP contribution in [-0.4, -0.2) is 90.1 Å². The van der Waals surface area contributed by atoms with Crippen molar-refractivity contribution >= 4 is 5.91 Å². The van der Waals surface area contributed by atoms with Gasteiger partial charge < -0.3 is 34.6 Å². The lowest BCUT2D eigenvalue weighted by Crippen LogP contribution is -2.59. The van der Waals surface area contributed by atoms with E-state index in [2.05, 4.69) is 39.9 Å². The minimum absolute atomic E-state index is 0.0564. The number of fused-ring (bicyclic) bond motifs is 4. The molecule has 0 radical (unpaired) electrons. The Kier molecular flexibility index (Phi) is 8.54. The summed E-state index contributed by atoms with van der Waals surface area (Å²) in [6, 6.07) is 0. The van der Waals surface area contributed by atoms with E-state index in [1.54, 1.807) is 13.8 Å². The summed E-state index contributed by atoms with van der Waals surface area (Å²) in [4.78, 5) is 15.3. The first-order valence-electron chi connectivity index (χ1n) is 20.4. The number of morpholine rings is 1. The summed E-state index contributed by atoms with van der Waals surface area (Å²) < 4.78 is 20.0. The molecule has 49 heavy (non-hydrogen) atoms. The number of hydrogen-bond acceptors (Lipinski definition) is 7. The lowest BCUT2D eigenvalue weighted by molar-refractivity contribution is -0.246. The number of amides is 1. The Balaban J connectivity index is 0.956. The van der Waals surface area contributed by atoms with E-state index in [-0.39, 0.29) is 46.8 Å². The molecule has 0 bridgehead atoms. The fraction of sp³-hybridized carbons (Fsp3) is 0.976. The molecule has 8 aliphatic rings. The molecule has 8 nitrogen and oxygen atoms in total. The lowest BCUT2D eigenvalue weighted by atomic mass is 9.41. The highest BCUT2D eigenvalue weighted by molar-refractivity contribution is 5.76. The van der Waals surface area contributed by atoms with Crippen LogP contribution in [0.1, 0.15) is 126 Å². The molecule has 0 aromatic rings. The van der Waals surface area contributed by atoms with Gasteiger partial charge in [0.1, 0.15) is 6.10 Å². The number of aliphatic hydroxyl groups is 2. The summed E-state index contributed by atoms with van der Waals surface area (Å²) in [6.07, 6.45) is 12.4. The van der Waals surface area contributed by atoms with Crippen LogP contribution in [0.15, 0.2) is 0 Å². The van der Waals surface area contributed by atoms with Crippen molar-refractivity contribution in [2.75, 3.05) is 32.8 Å². The van der Waals surface area contributed by atoms with E-state index in [1.165, 1.54) is 38.5 Å². The fourth-order valence-electron chi connectivity index (χ4n) is 14.8. The van der Waals surface area contributed by atoms with Crippen molar-refractivity contribution in [1.82, 2.24) is 10.2 Å². The van der Waals surface area contributed by atoms with E-state index >= 15 is 0 Å². The maximum Gasteiger partial charge on any atom is 0.223 e. The largest absolute Gasteiger partial charge is 0.388 e. The summed E-state index contributed by atoms with van der Waals surface area (Å²) in [5.74, 6) is 3.11. The zero-order valence-electron chi connectivity index (χ0n) is 31.8. The third kappa shape index (κ3) is 5.21. The van der Waals surface area contributed by atoms with Gasteiger partial charge in [-0.05, 0) is 154 Å². The number of ether oxygens (including phenoxy) is 3. The Hall–Kier alpha value is -0.770. The first-order valence-corrected chi connectivity index (χ1v) is 20.4. The summed E-state index contributed by atoms with van der Waals surface area (Å²) in [5, 5.41) is 25.1. The zero-order valence-corrected chi connectivity index (χ0v) is 31.8. The average molecular weight is 685 g/mol. The third-order valence-corrected chi connectivity index (χ3v) is 17.3. The molecule has 13 atom stereocenters. The lowest BCUT2D eigenvalue weighted by Gasteiger charge is -2.63. The average Bonchev–Trinajstić information content (AvgIpc) is 3.65. The van der Waals surface area contributed by atoms with Gasteiger partial charge in [-0.15, -0.1) is 0 Å². The first-order chi connectivity index (χ1) is 23.1. The summed E-state index contributed by atoms with van der Waals surface area (Å²) >= 11 is 0. The van der Waals surface area contributed by atoms with Gasteiger partial charge in [0.25, 0.3) is 0 Å². The summed E-state index contributed by atoms with van der Waals surface area (Å²) in [5.41, 5.74) is 0.180. The van der Waals surface area contributed by atoms with E-state index in [4.69, 9.17) is 14.2 Å². The summed E-state index contributed by atoms with van der Waals surface area (Å²) in [7, 11) is 0. The van der Waals surface area contributed by atoms with Crippen LogP contribution in [0.25, 0.3) is 0 Å². The number of hydrogen-bond donors (Lipinski definition) is 3. The molecule has 3 saturated heterocycles. The van der Waals surface area contributed by atoms with E-state index in [9.17, 15) is 15.0 Å². The van der Waals surface area contributed by atoms with Crippen molar-refractivity contribution in [2.24, 2.45) is 56.7 Å². The van der Waals surface area contributed by atoms with Crippen LogP contribution in [0.4, 0.5) is 0 Å². The van der Waals surface area contributed by atoms with Gasteiger partial charge in [-0.3, -0.25) is 4.79 Å². The quantitative estimate of drug-likeness (QED) is 0.320. The highest BCUT2D eigenvalue weighted by atomic mass is 16.7. The van der Waals surface area contributed by atoms with Crippen molar-refractivity contribution in [3.63, 3.8) is 0 Å². The number of nitrogens with one attached hydrogen (secondary N) is 1. The Morgan fingerprint density at radius 2 is 1.71 bits per heavy atom. The number of carbonyl (C=O) groups excluding carboxylic acids is 1. The molecule has 3 N–H and O–H groups in total. The fourth-order valence-corrected chi connectivity index (χ4v) is 14.8. The molecule has 3 aliphatic heterocycles. The Bertz CT molecular complexity index is 1280. The number of aliphatic hydroxyl groups excluding tert-OH is 1. The molecule has 5 unspecified atom stereocenters. The molecular formula is C41H68N2O6. The van der Waals surface area contributed by atoms with E-state index in [0.29, 0.717) is 66.5 Å². The van der Waals surface area contributed by atoms with E-state index < -0.39 is 11.7 Å². The van der Waals surface area contributed by atoms with Gasteiger partial charge in [0.2, 0.25) is 5.91 Å². The molecule has 0 aromatic heterocycles. The van der Waals surface area contributed by atoms with E-state index in [1.807, 2.05) is 4.90 Å². The molecule has 8 heteroatoms. The second kappa shape index (κ2) is 11.9. The molecule has 0 aromatic carbocycles. The van der Waals surface area contributed by atoms with Crippen molar-refractivity contribution in [2.45, 2.75) is 162 Å². The van der Waals surface area contributed by atoms with Gasteiger partial charge in [0.15, 0.2) is 6.29 Å². The van der Waals surface area contributed by atoms with E-state index in [0.717, 1.165) is 45.2 Å². The minimum atomic E-state index is -1.17.